The standard InChI is InChI=1S/C22H33N5O.HI/c1-17(2)15-28-20-7-5-6-19(12-20)13-25-22(23-4)26-10-8-18(3)21(14-26)27-11-9-24-16-27;/h5-7,9,11-12,16-18,21H,8,10,13-15H2,1-4H3,(H,23,25);1H. The first-order chi connectivity index (χ1) is 13.6. The van der Waals surface area contributed by atoms with Gasteiger partial charge in [-0.15, -0.1) is 24.0 Å². The molecule has 0 spiro atoms. The second kappa shape index (κ2) is 11.4. The Labute approximate surface area is 191 Å². The van der Waals surface area contributed by atoms with Crippen LogP contribution in [0.4, 0.5) is 0 Å². The molecule has 3 rings (SSSR count). The lowest BCUT2D eigenvalue weighted by molar-refractivity contribution is 0.189. The van der Waals surface area contributed by atoms with E-state index in [0.717, 1.165) is 44.4 Å². The lowest BCUT2D eigenvalue weighted by Crippen LogP contribution is -2.48. The highest BCUT2D eigenvalue weighted by Crippen LogP contribution is 2.27. The van der Waals surface area contributed by atoms with Crippen molar-refractivity contribution in [1.29, 1.82) is 0 Å². The molecule has 2 unspecified atom stereocenters. The number of imidazole rings is 1. The number of hydrogen-bond acceptors (Lipinski definition) is 3. The number of benzene rings is 1. The van der Waals surface area contributed by atoms with Crippen molar-refractivity contribution in [3.8, 4) is 5.75 Å². The van der Waals surface area contributed by atoms with E-state index >= 15 is 0 Å². The van der Waals surface area contributed by atoms with Crippen LogP contribution in [-0.2, 0) is 6.54 Å². The van der Waals surface area contributed by atoms with Gasteiger partial charge in [-0.05, 0) is 36.0 Å². The van der Waals surface area contributed by atoms with E-state index in [2.05, 4.69) is 63.9 Å². The summed E-state index contributed by atoms with van der Waals surface area (Å²) in [7, 11) is 1.86. The van der Waals surface area contributed by atoms with Gasteiger partial charge in [0.05, 0.1) is 19.0 Å². The van der Waals surface area contributed by atoms with E-state index in [1.807, 2.05) is 31.7 Å². The highest BCUT2D eigenvalue weighted by atomic mass is 127. The molecule has 1 aliphatic heterocycles. The summed E-state index contributed by atoms with van der Waals surface area (Å²) in [5, 5.41) is 3.52. The molecule has 0 amide bonds. The average Bonchev–Trinajstić information content (AvgIpc) is 3.23. The monoisotopic (exact) mass is 511 g/mol. The smallest absolute Gasteiger partial charge is 0.193 e. The van der Waals surface area contributed by atoms with Gasteiger partial charge in [-0.2, -0.15) is 0 Å². The molecular formula is C22H34IN5O. The summed E-state index contributed by atoms with van der Waals surface area (Å²) in [5.74, 6) is 3.02. The zero-order valence-corrected chi connectivity index (χ0v) is 20.2. The van der Waals surface area contributed by atoms with Gasteiger partial charge in [0.25, 0.3) is 0 Å². The fourth-order valence-corrected chi connectivity index (χ4v) is 3.62. The van der Waals surface area contributed by atoms with Crippen molar-refractivity contribution in [3.63, 3.8) is 0 Å². The number of rotatable bonds is 6. The lowest BCUT2D eigenvalue weighted by atomic mass is 9.93. The van der Waals surface area contributed by atoms with Gasteiger partial charge in [0.15, 0.2) is 5.96 Å². The molecule has 1 aromatic carbocycles. The minimum Gasteiger partial charge on any atom is -0.493 e. The molecular weight excluding hydrogens is 477 g/mol. The molecule has 1 aromatic heterocycles. The lowest BCUT2D eigenvalue weighted by Gasteiger charge is -2.39. The molecule has 0 aliphatic carbocycles. The number of piperidine rings is 1. The molecule has 6 nitrogen and oxygen atoms in total. The third kappa shape index (κ3) is 6.62. The maximum absolute atomic E-state index is 5.85. The third-order valence-corrected chi connectivity index (χ3v) is 5.27. The molecule has 2 aromatic rings. The van der Waals surface area contributed by atoms with Crippen molar-refractivity contribution < 1.29 is 4.74 Å². The number of guanidine groups is 1. The second-order valence-corrected chi connectivity index (χ2v) is 8.04. The molecule has 7 heteroatoms. The number of aliphatic imine (C=N–C) groups is 1. The maximum atomic E-state index is 5.85. The van der Waals surface area contributed by atoms with Crippen molar-refractivity contribution >= 4 is 29.9 Å². The molecule has 160 valence electrons. The summed E-state index contributed by atoms with van der Waals surface area (Å²) in [4.78, 5) is 11.1. The van der Waals surface area contributed by atoms with Crippen LogP contribution in [-0.4, -0.2) is 47.2 Å². The SMILES string of the molecule is CN=C(NCc1cccc(OCC(C)C)c1)N1CCC(C)C(n2ccnc2)C1.I. The predicted octanol–water partition coefficient (Wildman–Crippen LogP) is 4.19. The first kappa shape index (κ1) is 23.5. The van der Waals surface area contributed by atoms with Gasteiger partial charge < -0.3 is 19.5 Å². The van der Waals surface area contributed by atoms with Crippen LogP contribution < -0.4 is 10.1 Å². The number of ether oxygens (including phenoxy) is 1. The van der Waals surface area contributed by atoms with Crippen LogP contribution >= 0.6 is 24.0 Å². The molecule has 1 N–H and O–H groups in total. The number of nitrogens with one attached hydrogen (secondary N) is 1. The molecule has 1 aliphatic rings. The zero-order chi connectivity index (χ0) is 19.9. The van der Waals surface area contributed by atoms with E-state index < -0.39 is 0 Å². The summed E-state index contributed by atoms with van der Waals surface area (Å²) in [5.41, 5.74) is 1.19. The molecule has 0 radical (unpaired) electrons. The van der Waals surface area contributed by atoms with Crippen molar-refractivity contribution in [2.24, 2.45) is 16.8 Å². The Morgan fingerprint density at radius 1 is 1.38 bits per heavy atom. The zero-order valence-electron chi connectivity index (χ0n) is 17.9. The van der Waals surface area contributed by atoms with Crippen molar-refractivity contribution in [1.82, 2.24) is 19.8 Å². The Morgan fingerprint density at radius 2 is 2.21 bits per heavy atom. The van der Waals surface area contributed by atoms with Gasteiger partial charge in [0.2, 0.25) is 0 Å². The summed E-state index contributed by atoms with van der Waals surface area (Å²) in [6.07, 6.45) is 6.97. The molecule has 0 saturated carbocycles. The van der Waals surface area contributed by atoms with E-state index in [-0.39, 0.29) is 24.0 Å². The number of aromatic nitrogens is 2. The van der Waals surface area contributed by atoms with Gasteiger partial charge in [0.1, 0.15) is 5.75 Å². The minimum atomic E-state index is 0. The van der Waals surface area contributed by atoms with Crippen molar-refractivity contribution in [2.45, 2.75) is 39.8 Å². The van der Waals surface area contributed by atoms with Gasteiger partial charge in [-0.25, -0.2) is 4.98 Å². The van der Waals surface area contributed by atoms with Crippen LogP contribution in [0.3, 0.4) is 0 Å². The second-order valence-electron chi connectivity index (χ2n) is 8.04. The van der Waals surface area contributed by atoms with Gasteiger partial charge in [-0.3, -0.25) is 4.99 Å². The Morgan fingerprint density at radius 3 is 2.90 bits per heavy atom. The molecule has 1 fully saturated rings. The van der Waals surface area contributed by atoms with Crippen LogP contribution in [0.15, 0.2) is 48.0 Å². The molecule has 2 heterocycles. The average molecular weight is 511 g/mol. The third-order valence-electron chi connectivity index (χ3n) is 5.27. The largest absolute Gasteiger partial charge is 0.493 e. The Kier molecular flexibility index (Phi) is 9.26. The van der Waals surface area contributed by atoms with E-state index in [0.29, 0.717) is 17.9 Å². The first-order valence-electron chi connectivity index (χ1n) is 10.2. The van der Waals surface area contributed by atoms with Crippen LogP contribution in [0.2, 0.25) is 0 Å². The topological polar surface area (TPSA) is 54.7 Å². The highest BCUT2D eigenvalue weighted by molar-refractivity contribution is 14.0. The van der Waals surface area contributed by atoms with Crippen molar-refractivity contribution in [2.75, 3.05) is 26.7 Å². The fraction of sp³-hybridized carbons (Fsp3) is 0.545. The van der Waals surface area contributed by atoms with Crippen LogP contribution in [0.5, 0.6) is 5.75 Å². The number of nitrogens with zero attached hydrogens (tertiary/aromatic N) is 4. The van der Waals surface area contributed by atoms with E-state index in [1.165, 1.54) is 5.56 Å². The molecule has 29 heavy (non-hydrogen) atoms. The molecule has 1 saturated heterocycles. The van der Waals surface area contributed by atoms with Gasteiger partial charge in [0, 0.05) is 39.1 Å². The van der Waals surface area contributed by atoms with Gasteiger partial charge >= 0.3 is 0 Å². The van der Waals surface area contributed by atoms with Gasteiger partial charge in [-0.1, -0.05) is 32.9 Å². The quantitative estimate of drug-likeness (QED) is 0.359. The summed E-state index contributed by atoms with van der Waals surface area (Å²) in [6.45, 7) is 10.1. The fourth-order valence-electron chi connectivity index (χ4n) is 3.62. The maximum Gasteiger partial charge on any atom is 0.193 e. The van der Waals surface area contributed by atoms with E-state index in [1.54, 1.807) is 0 Å². The number of hydrogen-bond donors (Lipinski definition) is 1. The predicted molar refractivity (Wildman–Crippen MR) is 129 cm³/mol. The molecule has 0 bridgehead atoms. The summed E-state index contributed by atoms with van der Waals surface area (Å²) >= 11 is 0. The Bertz CT molecular complexity index is 762. The minimum absolute atomic E-state index is 0. The number of halogens is 1. The Balaban J connectivity index is 0.00000300. The normalized spacial score (nSPS) is 19.8. The molecule has 2 atom stereocenters. The van der Waals surface area contributed by atoms with E-state index in [4.69, 9.17) is 4.74 Å². The summed E-state index contributed by atoms with van der Waals surface area (Å²) < 4.78 is 8.07. The van der Waals surface area contributed by atoms with Crippen molar-refractivity contribution in [3.05, 3.63) is 48.5 Å². The van der Waals surface area contributed by atoms with Crippen LogP contribution in [0.1, 0.15) is 38.8 Å². The highest BCUT2D eigenvalue weighted by Gasteiger charge is 2.28. The van der Waals surface area contributed by atoms with Crippen LogP contribution in [0, 0.1) is 11.8 Å². The Hall–Kier alpha value is -1.77. The first-order valence-corrected chi connectivity index (χ1v) is 10.2. The van der Waals surface area contributed by atoms with Crippen LogP contribution in [0.25, 0.3) is 0 Å². The summed E-state index contributed by atoms with van der Waals surface area (Å²) in [6, 6.07) is 8.71. The van der Waals surface area contributed by atoms with E-state index in [9.17, 15) is 0 Å². The number of likely N-dealkylation sites (tertiary alicyclic amines) is 1.